The normalized spacial score (nSPS) is 36.1. The Morgan fingerprint density at radius 1 is 1.04 bits per heavy atom. The molecule has 8 heteroatoms. The highest BCUT2D eigenvalue weighted by Gasteiger charge is 2.51. The van der Waals surface area contributed by atoms with Gasteiger partial charge in [-0.05, 0) is 68.4 Å². The number of ether oxygens (including phenoxy) is 1. The summed E-state index contributed by atoms with van der Waals surface area (Å²) in [6.07, 6.45) is 7.05. The van der Waals surface area contributed by atoms with E-state index in [1.165, 1.54) is 35.7 Å². The summed E-state index contributed by atoms with van der Waals surface area (Å²) in [5.74, 6) is 1.97. The maximum absolute atomic E-state index is 12.8. The molecule has 1 aliphatic heterocycles. The van der Waals surface area contributed by atoms with E-state index in [0.717, 1.165) is 37.0 Å². The highest BCUT2D eigenvalue weighted by atomic mass is 32.2. The second kappa shape index (κ2) is 6.32. The van der Waals surface area contributed by atoms with Crippen molar-refractivity contribution in [2.24, 2.45) is 17.8 Å². The molecule has 0 atom stereocenters. The summed E-state index contributed by atoms with van der Waals surface area (Å²) in [6.45, 7) is 1.36. The molecule has 0 spiro atoms. The Morgan fingerprint density at radius 3 is 2.22 bits per heavy atom. The van der Waals surface area contributed by atoms with Crippen molar-refractivity contribution in [2.45, 2.75) is 49.2 Å². The van der Waals surface area contributed by atoms with E-state index in [1.54, 1.807) is 0 Å². The van der Waals surface area contributed by atoms with Crippen molar-refractivity contribution in [3.63, 3.8) is 0 Å². The molecule has 1 aromatic heterocycles. The average Bonchev–Trinajstić information content (AvgIpc) is 3.12. The van der Waals surface area contributed by atoms with Crippen molar-refractivity contribution in [1.82, 2.24) is 9.62 Å². The van der Waals surface area contributed by atoms with Crippen molar-refractivity contribution in [3.05, 3.63) is 17.9 Å². The first-order valence-electron chi connectivity index (χ1n) is 9.94. The zero-order valence-corrected chi connectivity index (χ0v) is 16.2. The molecule has 1 aromatic rings. The lowest BCUT2D eigenvalue weighted by Gasteiger charge is -2.56. The number of carbonyl (C=O) groups excluding carboxylic acids is 1. The van der Waals surface area contributed by atoms with E-state index in [9.17, 15) is 13.2 Å². The van der Waals surface area contributed by atoms with Gasteiger partial charge in [-0.1, -0.05) is 0 Å². The number of morpholine rings is 1. The molecule has 5 fully saturated rings. The fourth-order valence-corrected chi connectivity index (χ4v) is 7.38. The fraction of sp³-hybridized carbons (Fsp3) is 0.737. The van der Waals surface area contributed by atoms with E-state index < -0.39 is 10.0 Å². The molecule has 7 nitrogen and oxygen atoms in total. The van der Waals surface area contributed by atoms with Crippen LogP contribution in [-0.4, -0.2) is 50.5 Å². The number of furan rings is 1. The minimum atomic E-state index is -3.72. The van der Waals surface area contributed by atoms with Gasteiger partial charge < -0.3 is 14.5 Å². The van der Waals surface area contributed by atoms with Crippen LogP contribution in [0.3, 0.4) is 0 Å². The zero-order valence-electron chi connectivity index (χ0n) is 15.4. The molecule has 1 amide bonds. The summed E-state index contributed by atoms with van der Waals surface area (Å²) in [5.41, 5.74) is -0.123. The van der Waals surface area contributed by atoms with Crippen molar-refractivity contribution in [1.29, 1.82) is 0 Å². The Balaban J connectivity index is 1.32. The van der Waals surface area contributed by atoms with Gasteiger partial charge in [0.05, 0.1) is 13.2 Å². The van der Waals surface area contributed by atoms with Gasteiger partial charge in [-0.25, -0.2) is 8.42 Å². The monoisotopic (exact) mass is 394 g/mol. The first kappa shape index (κ1) is 17.7. The molecule has 6 rings (SSSR count). The predicted octanol–water partition coefficient (Wildman–Crippen LogP) is 2.00. The third-order valence-electron chi connectivity index (χ3n) is 6.79. The first-order chi connectivity index (χ1) is 12.9. The van der Waals surface area contributed by atoms with Gasteiger partial charge in [-0.2, -0.15) is 4.31 Å². The topological polar surface area (TPSA) is 88.9 Å². The van der Waals surface area contributed by atoms with Crippen molar-refractivity contribution >= 4 is 15.9 Å². The molecule has 0 aromatic carbocycles. The molecule has 4 aliphatic carbocycles. The largest absolute Gasteiger partial charge is 0.438 e. The Labute approximate surface area is 159 Å². The second-order valence-electron chi connectivity index (χ2n) is 8.79. The van der Waals surface area contributed by atoms with E-state index in [0.29, 0.717) is 26.3 Å². The molecule has 4 saturated carbocycles. The van der Waals surface area contributed by atoms with Crippen LogP contribution in [0, 0.1) is 17.8 Å². The Hall–Kier alpha value is -1.38. The van der Waals surface area contributed by atoms with Gasteiger partial charge in [0.2, 0.25) is 5.09 Å². The zero-order chi connectivity index (χ0) is 18.6. The molecular formula is C19H26N2O5S. The summed E-state index contributed by atoms with van der Waals surface area (Å²) in [4.78, 5) is 12.8. The molecule has 5 aliphatic rings. The Morgan fingerprint density at radius 2 is 1.63 bits per heavy atom. The van der Waals surface area contributed by atoms with Gasteiger partial charge in [-0.15, -0.1) is 0 Å². The summed E-state index contributed by atoms with van der Waals surface area (Å²) in [7, 11) is -3.72. The number of nitrogens with one attached hydrogen (secondary N) is 1. The van der Waals surface area contributed by atoms with Gasteiger partial charge in [0.1, 0.15) is 0 Å². The third kappa shape index (κ3) is 3.11. The summed E-state index contributed by atoms with van der Waals surface area (Å²) in [5, 5.41) is 3.06. The van der Waals surface area contributed by atoms with Crippen molar-refractivity contribution in [2.75, 3.05) is 26.3 Å². The molecule has 1 N–H and O–H groups in total. The number of amides is 1. The minimum absolute atomic E-state index is 0.0811. The third-order valence-corrected chi connectivity index (χ3v) is 8.56. The molecule has 27 heavy (non-hydrogen) atoms. The summed E-state index contributed by atoms with van der Waals surface area (Å²) in [6, 6.07) is 2.86. The first-order valence-corrected chi connectivity index (χ1v) is 11.4. The van der Waals surface area contributed by atoms with Crippen LogP contribution in [0.25, 0.3) is 0 Å². The molecular weight excluding hydrogens is 368 g/mol. The molecule has 1 saturated heterocycles. The van der Waals surface area contributed by atoms with Gasteiger partial charge in [0.15, 0.2) is 5.76 Å². The molecule has 0 radical (unpaired) electrons. The van der Waals surface area contributed by atoms with E-state index in [1.807, 2.05) is 0 Å². The van der Waals surface area contributed by atoms with Gasteiger partial charge in [0, 0.05) is 18.6 Å². The number of sulfonamides is 1. The predicted molar refractivity (Wildman–Crippen MR) is 96.7 cm³/mol. The maximum atomic E-state index is 12.8. The SMILES string of the molecule is O=C(NC12CC3CC(CC(C3)C1)C2)c1ccc(S(=O)(=O)N2CCOCC2)o1. The lowest BCUT2D eigenvalue weighted by Crippen LogP contribution is -2.59. The number of carbonyl (C=O) groups is 1. The van der Waals surface area contributed by atoms with Crippen LogP contribution in [0.4, 0.5) is 0 Å². The summed E-state index contributed by atoms with van der Waals surface area (Å²) >= 11 is 0. The van der Waals surface area contributed by atoms with Crippen LogP contribution >= 0.6 is 0 Å². The van der Waals surface area contributed by atoms with Crippen molar-refractivity contribution in [3.8, 4) is 0 Å². The van der Waals surface area contributed by atoms with E-state index in [-0.39, 0.29) is 22.3 Å². The fourth-order valence-electron chi connectivity index (χ4n) is 6.06. The van der Waals surface area contributed by atoms with Crippen LogP contribution in [0.2, 0.25) is 0 Å². The lowest BCUT2D eigenvalue weighted by molar-refractivity contribution is -0.0172. The minimum Gasteiger partial charge on any atom is -0.438 e. The quantitative estimate of drug-likeness (QED) is 0.844. The van der Waals surface area contributed by atoms with Crippen LogP contribution in [-0.2, 0) is 14.8 Å². The number of rotatable bonds is 4. The van der Waals surface area contributed by atoms with Crippen LogP contribution in [0.5, 0.6) is 0 Å². The number of nitrogens with zero attached hydrogens (tertiary/aromatic N) is 1. The van der Waals surface area contributed by atoms with Gasteiger partial charge >= 0.3 is 0 Å². The van der Waals surface area contributed by atoms with E-state index in [2.05, 4.69) is 5.32 Å². The van der Waals surface area contributed by atoms with E-state index >= 15 is 0 Å². The molecule has 4 bridgehead atoms. The van der Waals surface area contributed by atoms with E-state index in [4.69, 9.17) is 9.15 Å². The van der Waals surface area contributed by atoms with Crippen LogP contribution in [0.15, 0.2) is 21.6 Å². The average molecular weight is 394 g/mol. The molecule has 0 unspecified atom stereocenters. The maximum Gasteiger partial charge on any atom is 0.287 e. The van der Waals surface area contributed by atoms with Gasteiger partial charge in [-0.3, -0.25) is 4.79 Å². The highest BCUT2D eigenvalue weighted by Crippen LogP contribution is 2.55. The van der Waals surface area contributed by atoms with Crippen LogP contribution < -0.4 is 5.32 Å². The highest BCUT2D eigenvalue weighted by molar-refractivity contribution is 7.89. The summed E-state index contributed by atoms with van der Waals surface area (Å²) < 4.78 is 37.4. The molecule has 2 heterocycles. The second-order valence-corrected chi connectivity index (χ2v) is 10.7. The standard InChI is InChI=1S/C19H26N2O5S/c22-18(20-19-10-13-7-14(11-19)9-15(8-13)12-19)16-1-2-17(26-16)27(23,24)21-3-5-25-6-4-21/h1-2,13-15H,3-12H2,(H,20,22). The number of hydrogen-bond donors (Lipinski definition) is 1. The molecule has 148 valence electrons. The number of hydrogen-bond acceptors (Lipinski definition) is 5. The van der Waals surface area contributed by atoms with Crippen molar-refractivity contribution < 1.29 is 22.4 Å². The smallest absolute Gasteiger partial charge is 0.287 e. The lowest BCUT2D eigenvalue weighted by atomic mass is 9.53. The van der Waals surface area contributed by atoms with Gasteiger partial charge in [0.25, 0.3) is 15.9 Å². The Kier molecular flexibility index (Phi) is 4.14. The van der Waals surface area contributed by atoms with Crippen LogP contribution in [0.1, 0.15) is 49.1 Å². The Bertz CT molecular complexity index is 805.